The van der Waals surface area contributed by atoms with E-state index in [1.54, 1.807) is 0 Å². The lowest BCUT2D eigenvalue weighted by Gasteiger charge is -2.22. The van der Waals surface area contributed by atoms with Gasteiger partial charge in [-0.1, -0.05) is 274 Å². The third-order valence-electron chi connectivity index (χ3n) is 14.4. The average Bonchev–Trinajstić information content (AvgIpc) is 3.37. The number of carbonyl (C=O) groups is 2. The molecule has 3 N–H and O–H groups in total. The Morgan fingerprint density at radius 2 is 0.718 bits per heavy atom. The number of aliphatic hydroxyl groups excluding tert-OH is 2. The maximum atomic E-state index is 12.5. The van der Waals surface area contributed by atoms with Crippen LogP contribution >= 0.6 is 0 Å². The van der Waals surface area contributed by atoms with Gasteiger partial charge in [-0.05, 0) is 89.9 Å². The second-order valence-electron chi connectivity index (χ2n) is 21.4. The highest BCUT2D eigenvalue weighted by Crippen LogP contribution is 2.17. The summed E-state index contributed by atoms with van der Waals surface area (Å²) in [4.78, 5) is 24.5. The number of carbonyl (C=O) groups excluding carboxylic acids is 2. The predicted molar refractivity (Wildman–Crippen MR) is 310 cm³/mol. The van der Waals surface area contributed by atoms with E-state index >= 15 is 0 Å². The van der Waals surface area contributed by atoms with Crippen LogP contribution in [0.3, 0.4) is 0 Å². The summed E-state index contributed by atoms with van der Waals surface area (Å²) in [6, 6.07) is -0.556. The molecule has 0 aliphatic rings. The highest BCUT2D eigenvalue weighted by atomic mass is 16.5. The lowest BCUT2D eigenvalue weighted by molar-refractivity contribution is -0.143. The molecule has 71 heavy (non-hydrogen) atoms. The Kier molecular flexibility index (Phi) is 58.5. The molecule has 0 aliphatic carbocycles. The second-order valence-corrected chi connectivity index (χ2v) is 21.4. The third-order valence-corrected chi connectivity index (χ3v) is 14.4. The van der Waals surface area contributed by atoms with E-state index in [1.807, 2.05) is 0 Å². The molecule has 0 heterocycles. The fourth-order valence-electron chi connectivity index (χ4n) is 9.51. The molecule has 0 aliphatic heterocycles. The largest absolute Gasteiger partial charge is 0.466 e. The van der Waals surface area contributed by atoms with E-state index in [4.69, 9.17) is 4.74 Å². The summed E-state index contributed by atoms with van der Waals surface area (Å²) in [7, 11) is 0. The van der Waals surface area contributed by atoms with Crippen molar-refractivity contribution in [3.05, 3.63) is 48.6 Å². The molecular formula is C65H121NO5. The summed E-state index contributed by atoms with van der Waals surface area (Å²) >= 11 is 0. The molecule has 416 valence electrons. The normalized spacial score (nSPS) is 12.9. The number of allylic oxidation sites excluding steroid dienone is 8. The van der Waals surface area contributed by atoms with Crippen molar-refractivity contribution in [2.75, 3.05) is 13.2 Å². The molecule has 0 radical (unpaired) electrons. The van der Waals surface area contributed by atoms with Crippen molar-refractivity contribution in [2.45, 2.75) is 341 Å². The molecule has 2 atom stereocenters. The zero-order valence-electron chi connectivity index (χ0n) is 47.5. The minimum Gasteiger partial charge on any atom is -0.466 e. The standard InChI is InChI=1S/C65H121NO5/c1-3-5-7-9-11-13-15-17-19-20-21-22-23-24-25-27-30-33-37-41-45-49-53-57-63(68)62(61-67)66-64(69)58-54-50-46-42-38-34-31-28-26-29-32-36-40-44-48-52-56-60-71-65(70)59-55-51-47-43-39-35-18-16-14-12-10-8-6-4-2/h10,12,16,18,26,29,36,40,62-63,67-68H,3-9,11,13-15,17,19-25,27-28,30-35,37-39,41-61H2,1-2H3,(H,66,69)/b12-10-,18-16-,29-26-,40-36-. The quantitative estimate of drug-likeness (QED) is 0.0321. The van der Waals surface area contributed by atoms with Gasteiger partial charge in [-0.25, -0.2) is 0 Å². The Bertz CT molecular complexity index is 1190. The zero-order valence-corrected chi connectivity index (χ0v) is 47.5. The number of amides is 1. The van der Waals surface area contributed by atoms with Crippen LogP contribution in [0.2, 0.25) is 0 Å². The van der Waals surface area contributed by atoms with Crippen LogP contribution in [0, 0.1) is 0 Å². The van der Waals surface area contributed by atoms with Crippen LogP contribution < -0.4 is 5.32 Å². The third kappa shape index (κ3) is 57.0. The maximum absolute atomic E-state index is 12.5. The fraction of sp³-hybridized carbons (Fsp3) is 0.846. The van der Waals surface area contributed by atoms with Gasteiger partial charge in [0.1, 0.15) is 0 Å². The van der Waals surface area contributed by atoms with Crippen LogP contribution in [0.1, 0.15) is 328 Å². The molecule has 0 saturated heterocycles. The minimum absolute atomic E-state index is 0.0299. The summed E-state index contributed by atoms with van der Waals surface area (Å²) in [5, 5.41) is 23.4. The van der Waals surface area contributed by atoms with Gasteiger partial charge in [0.15, 0.2) is 0 Å². The maximum Gasteiger partial charge on any atom is 0.305 e. The lowest BCUT2D eigenvalue weighted by Crippen LogP contribution is -2.45. The number of hydrogen-bond acceptors (Lipinski definition) is 5. The van der Waals surface area contributed by atoms with E-state index in [-0.39, 0.29) is 18.5 Å². The van der Waals surface area contributed by atoms with Gasteiger partial charge < -0.3 is 20.3 Å². The van der Waals surface area contributed by atoms with Gasteiger partial charge in [0.2, 0.25) is 5.91 Å². The number of ether oxygens (including phenoxy) is 1. The monoisotopic (exact) mass is 996 g/mol. The van der Waals surface area contributed by atoms with Crippen LogP contribution in [0.4, 0.5) is 0 Å². The van der Waals surface area contributed by atoms with Gasteiger partial charge >= 0.3 is 5.97 Å². The number of esters is 1. The van der Waals surface area contributed by atoms with E-state index in [0.717, 1.165) is 96.3 Å². The Hall–Kier alpha value is -2.18. The van der Waals surface area contributed by atoms with Gasteiger partial charge in [-0.15, -0.1) is 0 Å². The molecule has 6 nitrogen and oxygen atoms in total. The highest BCUT2D eigenvalue weighted by Gasteiger charge is 2.20. The van der Waals surface area contributed by atoms with Crippen molar-refractivity contribution in [1.82, 2.24) is 5.32 Å². The number of hydrogen-bond donors (Lipinski definition) is 3. The molecule has 0 aromatic heterocycles. The molecule has 6 heteroatoms. The van der Waals surface area contributed by atoms with Crippen molar-refractivity contribution in [3.8, 4) is 0 Å². The van der Waals surface area contributed by atoms with Gasteiger partial charge in [0, 0.05) is 12.8 Å². The fourth-order valence-corrected chi connectivity index (χ4v) is 9.51. The van der Waals surface area contributed by atoms with E-state index in [2.05, 4.69) is 67.8 Å². The topological polar surface area (TPSA) is 95.9 Å². The van der Waals surface area contributed by atoms with Gasteiger partial charge in [-0.3, -0.25) is 9.59 Å². The van der Waals surface area contributed by atoms with Gasteiger partial charge in [0.05, 0.1) is 25.4 Å². The lowest BCUT2D eigenvalue weighted by atomic mass is 10.0. The van der Waals surface area contributed by atoms with E-state index in [9.17, 15) is 19.8 Å². The van der Waals surface area contributed by atoms with Gasteiger partial charge in [0.25, 0.3) is 0 Å². The average molecular weight is 997 g/mol. The predicted octanol–water partition coefficient (Wildman–Crippen LogP) is 19.7. The summed E-state index contributed by atoms with van der Waals surface area (Å²) in [5.74, 6) is -0.0792. The van der Waals surface area contributed by atoms with E-state index in [1.165, 1.54) is 199 Å². The first-order chi connectivity index (χ1) is 35.0. The van der Waals surface area contributed by atoms with Crippen molar-refractivity contribution in [1.29, 1.82) is 0 Å². The molecule has 0 rings (SSSR count). The van der Waals surface area contributed by atoms with Crippen LogP contribution in [-0.4, -0.2) is 47.4 Å². The minimum atomic E-state index is -0.678. The highest BCUT2D eigenvalue weighted by molar-refractivity contribution is 5.76. The summed E-state index contributed by atoms with van der Waals surface area (Å²) in [6.07, 6.45) is 76.9. The second kappa shape index (κ2) is 60.4. The van der Waals surface area contributed by atoms with E-state index < -0.39 is 12.1 Å². The van der Waals surface area contributed by atoms with Crippen LogP contribution in [0.5, 0.6) is 0 Å². The molecule has 1 amide bonds. The Balaban J connectivity index is 3.50. The zero-order chi connectivity index (χ0) is 51.4. The Labute approximate surface area is 442 Å². The Morgan fingerprint density at radius 3 is 1.11 bits per heavy atom. The van der Waals surface area contributed by atoms with Crippen molar-refractivity contribution >= 4 is 11.9 Å². The smallest absolute Gasteiger partial charge is 0.305 e. The number of rotatable bonds is 58. The first-order valence-corrected chi connectivity index (χ1v) is 31.4. The number of nitrogens with one attached hydrogen (secondary N) is 1. The molecule has 0 aromatic rings. The Morgan fingerprint density at radius 1 is 0.394 bits per heavy atom. The molecule has 0 bridgehead atoms. The van der Waals surface area contributed by atoms with Crippen molar-refractivity contribution in [3.63, 3.8) is 0 Å². The molecular weight excluding hydrogens is 875 g/mol. The molecule has 0 fully saturated rings. The van der Waals surface area contributed by atoms with E-state index in [0.29, 0.717) is 25.9 Å². The summed E-state index contributed by atoms with van der Waals surface area (Å²) in [6.45, 7) is 4.88. The van der Waals surface area contributed by atoms with Crippen molar-refractivity contribution < 1.29 is 24.5 Å². The molecule has 0 spiro atoms. The molecule has 2 unspecified atom stereocenters. The number of unbranched alkanes of at least 4 members (excludes halogenated alkanes) is 39. The molecule has 0 saturated carbocycles. The number of aliphatic hydroxyl groups is 2. The first-order valence-electron chi connectivity index (χ1n) is 31.4. The van der Waals surface area contributed by atoms with Crippen molar-refractivity contribution in [2.24, 2.45) is 0 Å². The van der Waals surface area contributed by atoms with Crippen LogP contribution in [0.25, 0.3) is 0 Å². The van der Waals surface area contributed by atoms with Crippen LogP contribution in [0.15, 0.2) is 48.6 Å². The van der Waals surface area contributed by atoms with Crippen LogP contribution in [-0.2, 0) is 14.3 Å². The molecule has 0 aromatic carbocycles. The summed E-state index contributed by atoms with van der Waals surface area (Å²) in [5.41, 5.74) is 0. The van der Waals surface area contributed by atoms with Gasteiger partial charge in [-0.2, -0.15) is 0 Å². The first kappa shape index (κ1) is 68.8. The summed E-state index contributed by atoms with van der Waals surface area (Å²) < 4.78 is 5.44. The SMILES string of the molecule is CCCC/C=C\C/C=C\CCCCCCCC(=O)OCCCCC/C=C\C/C=C\CCCCCCCCCC(=O)NC(CO)C(O)CCCCCCCCCCCCCCCCCCCCCCCCC.